The van der Waals surface area contributed by atoms with Gasteiger partial charge in [-0.3, -0.25) is 0 Å². The molecule has 0 atom stereocenters. The second kappa shape index (κ2) is 5.70. The van der Waals surface area contributed by atoms with Crippen LogP contribution in [0.1, 0.15) is 39.0 Å². The maximum absolute atomic E-state index is 11.3. The van der Waals surface area contributed by atoms with E-state index in [0.717, 1.165) is 37.3 Å². The summed E-state index contributed by atoms with van der Waals surface area (Å²) in [5.74, 6) is 3.47. The fraction of sp³-hybridized carbons (Fsp3) is 1.00. The molecule has 2 saturated carbocycles. The first-order valence-electron chi connectivity index (χ1n) is 7.03. The van der Waals surface area contributed by atoms with E-state index in [0.29, 0.717) is 5.75 Å². The Morgan fingerprint density at radius 1 is 1.18 bits per heavy atom. The maximum atomic E-state index is 11.3. The number of hydrogen-bond acceptors (Lipinski definition) is 3. The quantitative estimate of drug-likeness (QED) is 0.643. The molecule has 4 heteroatoms. The SMILES string of the molecule is CCS(=O)(=O)CCCNCC(C1CC1)C1CC1. The Hall–Kier alpha value is -0.0900. The van der Waals surface area contributed by atoms with E-state index in [9.17, 15) is 8.42 Å². The van der Waals surface area contributed by atoms with Crippen molar-refractivity contribution in [1.29, 1.82) is 0 Å². The third-order valence-corrected chi connectivity index (χ3v) is 5.87. The van der Waals surface area contributed by atoms with Crippen molar-refractivity contribution < 1.29 is 8.42 Å². The van der Waals surface area contributed by atoms with Gasteiger partial charge in [0.15, 0.2) is 0 Å². The van der Waals surface area contributed by atoms with Crippen molar-refractivity contribution in [1.82, 2.24) is 5.32 Å². The highest BCUT2D eigenvalue weighted by Crippen LogP contribution is 2.48. The topological polar surface area (TPSA) is 46.2 Å². The zero-order valence-corrected chi connectivity index (χ0v) is 11.6. The molecule has 17 heavy (non-hydrogen) atoms. The van der Waals surface area contributed by atoms with E-state index in [4.69, 9.17) is 0 Å². The van der Waals surface area contributed by atoms with Crippen molar-refractivity contribution in [2.75, 3.05) is 24.6 Å². The molecule has 2 fully saturated rings. The molecule has 0 aromatic carbocycles. The van der Waals surface area contributed by atoms with Crippen LogP contribution < -0.4 is 5.32 Å². The molecule has 0 aromatic rings. The third kappa shape index (κ3) is 4.59. The largest absolute Gasteiger partial charge is 0.316 e. The fourth-order valence-corrected chi connectivity index (χ4v) is 3.47. The van der Waals surface area contributed by atoms with Crippen LogP contribution in [-0.2, 0) is 9.84 Å². The van der Waals surface area contributed by atoms with Gasteiger partial charge in [-0.1, -0.05) is 6.92 Å². The highest BCUT2D eigenvalue weighted by atomic mass is 32.2. The predicted molar refractivity (Wildman–Crippen MR) is 70.8 cm³/mol. The standard InChI is InChI=1S/C13H25NO2S/c1-2-17(15,16)9-3-8-14-10-13(11-4-5-11)12-6-7-12/h11-14H,2-10H2,1H3. The Kier molecular flexibility index (Phi) is 4.47. The summed E-state index contributed by atoms with van der Waals surface area (Å²) < 4.78 is 22.6. The van der Waals surface area contributed by atoms with Gasteiger partial charge in [0.2, 0.25) is 0 Å². The normalized spacial score (nSPS) is 21.1. The van der Waals surface area contributed by atoms with Crippen molar-refractivity contribution >= 4 is 9.84 Å². The maximum Gasteiger partial charge on any atom is 0.150 e. The van der Waals surface area contributed by atoms with E-state index in [1.807, 2.05) is 0 Å². The Morgan fingerprint density at radius 3 is 2.24 bits per heavy atom. The summed E-state index contributed by atoms with van der Waals surface area (Å²) in [7, 11) is -2.77. The molecule has 2 rings (SSSR count). The number of hydrogen-bond donors (Lipinski definition) is 1. The Labute approximate surface area is 105 Å². The van der Waals surface area contributed by atoms with Gasteiger partial charge in [-0.25, -0.2) is 8.42 Å². The zero-order valence-electron chi connectivity index (χ0n) is 10.8. The van der Waals surface area contributed by atoms with Crippen LogP contribution in [0, 0.1) is 17.8 Å². The molecule has 0 aromatic heterocycles. The number of rotatable bonds is 9. The van der Waals surface area contributed by atoms with Crippen molar-refractivity contribution in [2.45, 2.75) is 39.0 Å². The van der Waals surface area contributed by atoms with E-state index in [2.05, 4.69) is 5.32 Å². The fourth-order valence-electron chi connectivity index (χ4n) is 2.60. The average Bonchev–Trinajstić information content (AvgIpc) is 3.16. The minimum atomic E-state index is -2.77. The molecule has 0 unspecified atom stereocenters. The molecule has 2 aliphatic rings. The smallest absolute Gasteiger partial charge is 0.150 e. The molecule has 0 saturated heterocycles. The van der Waals surface area contributed by atoms with Crippen molar-refractivity contribution in [3.63, 3.8) is 0 Å². The summed E-state index contributed by atoms with van der Waals surface area (Å²) in [6.07, 6.45) is 6.46. The molecule has 3 nitrogen and oxygen atoms in total. The molecule has 2 aliphatic carbocycles. The molecule has 100 valence electrons. The van der Waals surface area contributed by atoms with Gasteiger partial charge >= 0.3 is 0 Å². The Balaban J connectivity index is 1.56. The summed E-state index contributed by atoms with van der Waals surface area (Å²) in [5.41, 5.74) is 0. The predicted octanol–water partition coefficient (Wildman–Crippen LogP) is 1.84. The zero-order chi connectivity index (χ0) is 12.3. The van der Waals surface area contributed by atoms with E-state index in [1.165, 1.54) is 25.7 Å². The van der Waals surface area contributed by atoms with Crippen LogP contribution in [-0.4, -0.2) is 33.0 Å². The van der Waals surface area contributed by atoms with Gasteiger partial charge in [0.1, 0.15) is 9.84 Å². The minimum Gasteiger partial charge on any atom is -0.316 e. The first-order valence-corrected chi connectivity index (χ1v) is 8.85. The lowest BCUT2D eigenvalue weighted by atomic mass is 9.98. The summed E-state index contributed by atoms with van der Waals surface area (Å²) >= 11 is 0. The monoisotopic (exact) mass is 259 g/mol. The van der Waals surface area contributed by atoms with E-state index >= 15 is 0 Å². The molecular formula is C13H25NO2S. The highest BCUT2D eigenvalue weighted by molar-refractivity contribution is 7.91. The van der Waals surface area contributed by atoms with Crippen LogP contribution in [0.4, 0.5) is 0 Å². The molecule has 0 bridgehead atoms. The highest BCUT2D eigenvalue weighted by Gasteiger charge is 2.40. The van der Waals surface area contributed by atoms with Crippen LogP contribution in [0.3, 0.4) is 0 Å². The van der Waals surface area contributed by atoms with E-state index in [-0.39, 0.29) is 5.75 Å². The molecule has 0 spiro atoms. The van der Waals surface area contributed by atoms with Gasteiger partial charge in [0.25, 0.3) is 0 Å². The van der Waals surface area contributed by atoms with E-state index < -0.39 is 9.84 Å². The average molecular weight is 259 g/mol. The van der Waals surface area contributed by atoms with Crippen LogP contribution in [0.2, 0.25) is 0 Å². The minimum absolute atomic E-state index is 0.278. The summed E-state index contributed by atoms with van der Waals surface area (Å²) in [6.45, 7) is 3.69. The molecule has 0 radical (unpaired) electrons. The van der Waals surface area contributed by atoms with Crippen molar-refractivity contribution in [3.05, 3.63) is 0 Å². The first kappa shape index (κ1) is 13.3. The lowest BCUT2D eigenvalue weighted by Gasteiger charge is -2.16. The van der Waals surface area contributed by atoms with Gasteiger partial charge < -0.3 is 5.32 Å². The second-order valence-electron chi connectivity index (χ2n) is 5.63. The van der Waals surface area contributed by atoms with Crippen LogP contribution in [0.15, 0.2) is 0 Å². The van der Waals surface area contributed by atoms with Gasteiger partial charge in [-0.15, -0.1) is 0 Å². The van der Waals surface area contributed by atoms with E-state index in [1.54, 1.807) is 6.92 Å². The summed E-state index contributed by atoms with van der Waals surface area (Å²) in [6, 6.07) is 0. The Morgan fingerprint density at radius 2 is 1.76 bits per heavy atom. The third-order valence-electron chi connectivity index (χ3n) is 4.08. The van der Waals surface area contributed by atoms with Gasteiger partial charge in [0, 0.05) is 5.75 Å². The van der Waals surface area contributed by atoms with Crippen LogP contribution in [0.25, 0.3) is 0 Å². The molecule has 0 aliphatic heterocycles. The molecule has 0 amide bonds. The first-order chi connectivity index (χ1) is 8.12. The lowest BCUT2D eigenvalue weighted by molar-refractivity contribution is 0.380. The van der Waals surface area contributed by atoms with Gasteiger partial charge in [0.05, 0.1) is 5.75 Å². The molecule has 1 N–H and O–H groups in total. The molecule has 0 heterocycles. The van der Waals surface area contributed by atoms with Gasteiger partial charge in [-0.05, 0) is 62.9 Å². The summed E-state index contributed by atoms with van der Waals surface area (Å²) in [4.78, 5) is 0. The Bertz CT molecular complexity index is 319. The van der Waals surface area contributed by atoms with Crippen LogP contribution in [0.5, 0.6) is 0 Å². The van der Waals surface area contributed by atoms with Crippen molar-refractivity contribution in [2.24, 2.45) is 17.8 Å². The number of nitrogens with one attached hydrogen (secondary N) is 1. The second-order valence-corrected chi connectivity index (χ2v) is 8.11. The number of sulfone groups is 1. The van der Waals surface area contributed by atoms with Gasteiger partial charge in [-0.2, -0.15) is 0 Å². The van der Waals surface area contributed by atoms with Crippen molar-refractivity contribution in [3.8, 4) is 0 Å². The van der Waals surface area contributed by atoms with Crippen LogP contribution >= 0.6 is 0 Å². The summed E-state index contributed by atoms with van der Waals surface area (Å²) in [5, 5.41) is 3.46. The lowest BCUT2D eigenvalue weighted by Crippen LogP contribution is -2.27. The molecular weight excluding hydrogens is 234 g/mol.